The largest absolute Gasteiger partial charge is 0.213 e. The third-order valence-electron chi connectivity index (χ3n) is 2.81. The molecule has 0 aromatic carbocycles. The van der Waals surface area contributed by atoms with Crippen LogP contribution in [0.2, 0.25) is 12.6 Å². The molecule has 0 amide bonds. The van der Waals surface area contributed by atoms with E-state index in [2.05, 4.69) is 17.6 Å². The van der Waals surface area contributed by atoms with E-state index in [1.54, 1.807) is 0 Å². The Bertz CT molecular complexity index is 208. The summed E-state index contributed by atoms with van der Waals surface area (Å²) < 4.78 is 0. The van der Waals surface area contributed by atoms with Gasteiger partial charge in [0, 0.05) is 0 Å². The molecule has 0 spiro atoms. The summed E-state index contributed by atoms with van der Waals surface area (Å²) in [5, 5.41) is 0. The summed E-state index contributed by atoms with van der Waals surface area (Å²) in [5.74, 6) is 0.841. The van der Waals surface area contributed by atoms with Crippen molar-refractivity contribution in [2.75, 3.05) is 0 Å². The van der Waals surface area contributed by atoms with Crippen molar-refractivity contribution in [3.63, 3.8) is 0 Å². The van der Waals surface area contributed by atoms with Gasteiger partial charge in [0.2, 0.25) is 8.07 Å². The maximum atomic E-state index is 5.46. The van der Waals surface area contributed by atoms with E-state index in [0.29, 0.717) is 0 Å². The monoisotopic (exact) mass is 176 g/mol. The normalized spacial score (nSPS) is 18.6. The van der Waals surface area contributed by atoms with E-state index < -0.39 is 8.07 Å². The predicted octanol–water partition coefficient (Wildman–Crippen LogP) is 2.60. The predicted molar refractivity (Wildman–Crippen MR) is 56.0 cm³/mol. The van der Waals surface area contributed by atoms with Crippen molar-refractivity contribution >= 4 is 8.07 Å². The van der Waals surface area contributed by atoms with Crippen molar-refractivity contribution < 1.29 is 0 Å². The summed E-state index contributed by atoms with van der Waals surface area (Å²) in [6.45, 7) is 2.13. The molecule has 0 aliphatic heterocycles. The first-order valence-electron chi connectivity index (χ1n) is 4.66. The van der Waals surface area contributed by atoms with Gasteiger partial charge in [-0.1, -0.05) is 25.7 Å². The Morgan fingerprint density at radius 1 is 1.25 bits per heavy atom. The highest BCUT2D eigenvalue weighted by atomic mass is 28.3. The molecule has 1 fully saturated rings. The lowest BCUT2D eigenvalue weighted by atomic mass is 10.1. The van der Waals surface area contributed by atoms with Gasteiger partial charge in [0.05, 0.1) is 0 Å². The summed E-state index contributed by atoms with van der Waals surface area (Å²) in [4.78, 5) is 0. The highest BCUT2D eigenvalue weighted by Gasteiger charge is 2.28. The van der Waals surface area contributed by atoms with Crippen molar-refractivity contribution in [3.05, 3.63) is 0 Å². The minimum absolute atomic E-state index is 0.841. The van der Waals surface area contributed by atoms with Crippen molar-refractivity contribution in [3.8, 4) is 23.9 Å². The van der Waals surface area contributed by atoms with Gasteiger partial charge in [-0.3, -0.25) is 0 Å². The molecule has 0 N–H and O–H groups in total. The van der Waals surface area contributed by atoms with Crippen LogP contribution in [0.15, 0.2) is 0 Å². The fourth-order valence-electron chi connectivity index (χ4n) is 1.95. The molecule has 12 heavy (non-hydrogen) atoms. The van der Waals surface area contributed by atoms with Crippen LogP contribution in [0.5, 0.6) is 0 Å². The molecular weight excluding hydrogens is 160 g/mol. The Morgan fingerprint density at radius 3 is 2.17 bits per heavy atom. The van der Waals surface area contributed by atoms with Crippen LogP contribution in [0.3, 0.4) is 0 Å². The maximum absolute atomic E-state index is 5.46. The number of rotatable bonds is 2. The zero-order valence-electron chi connectivity index (χ0n) is 7.77. The second-order valence-electron chi connectivity index (χ2n) is 3.98. The summed E-state index contributed by atoms with van der Waals surface area (Å²) in [7, 11) is -1.71. The summed E-state index contributed by atoms with van der Waals surface area (Å²) in [6, 6.07) is 1.15. The van der Waals surface area contributed by atoms with Gasteiger partial charge in [-0.25, -0.2) is 0 Å². The van der Waals surface area contributed by atoms with Crippen LogP contribution in [-0.2, 0) is 0 Å². The van der Waals surface area contributed by atoms with Crippen LogP contribution >= 0.6 is 0 Å². The third-order valence-corrected chi connectivity index (χ3v) is 5.48. The van der Waals surface area contributed by atoms with Crippen LogP contribution in [-0.4, -0.2) is 8.07 Å². The lowest BCUT2D eigenvalue weighted by molar-refractivity contribution is 0.605. The lowest BCUT2D eigenvalue weighted by Gasteiger charge is -2.17. The molecule has 0 heterocycles. The van der Waals surface area contributed by atoms with Gasteiger partial charge in [-0.05, 0) is 18.5 Å². The first-order valence-corrected chi connectivity index (χ1v) is 7.36. The number of terminal acetylenes is 2. The molecule has 1 heteroatoms. The van der Waals surface area contributed by atoms with Crippen molar-refractivity contribution in [1.29, 1.82) is 0 Å². The zero-order valence-corrected chi connectivity index (χ0v) is 8.77. The SMILES string of the molecule is C#C[Si](C)(C#C)CC1CCCC1. The topological polar surface area (TPSA) is 0 Å². The molecule has 0 saturated heterocycles. The molecule has 0 aromatic rings. The minimum Gasteiger partial charge on any atom is -0.126 e. The zero-order chi connectivity index (χ0) is 9.03. The second-order valence-corrected chi connectivity index (χ2v) is 7.63. The average molecular weight is 176 g/mol. The average Bonchev–Trinajstić information content (AvgIpc) is 2.57. The van der Waals surface area contributed by atoms with Gasteiger partial charge in [-0.15, -0.1) is 23.9 Å². The van der Waals surface area contributed by atoms with E-state index in [-0.39, 0.29) is 0 Å². The van der Waals surface area contributed by atoms with Gasteiger partial charge >= 0.3 is 0 Å². The Hall–Kier alpha value is -0.663. The summed E-state index contributed by atoms with van der Waals surface area (Å²) in [6.07, 6.45) is 16.4. The number of hydrogen-bond acceptors (Lipinski definition) is 0. The summed E-state index contributed by atoms with van der Waals surface area (Å²) >= 11 is 0. The van der Waals surface area contributed by atoms with Gasteiger partial charge in [0.15, 0.2) is 0 Å². The van der Waals surface area contributed by atoms with Gasteiger partial charge in [-0.2, -0.15) is 0 Å². The Kier molecular flexibility index (Phi) is 3.01. The molecule has 0 atom stereocenters. The molecule has 0 nitrogen and oxygen atoms in total. The molecule has 1 aliphatic carbocycles. The van der Waals surface area contributed by atoms with Crippen LogP contribution < -0.4 is 0 Å². The fraction of sp³-hybridized carbons (Fsp3) is 0.636. The highest BCUT2D eigenvalue weighted by Crippen LogP contribution is 2.31. The fourth-order valence-corrected chi connectivity index (χ4v) is 3.83. The molecule has 0 aromatic heterocycles. The van der Waals surface area contributed by atoms with E-state index in [9.17, 15) is 0 Å². The van der Waals surface area contributed by atoms with E-state index in [1.165, 1.54) is 25.7 Å². The van der Waals surface area contributed by atoms with Crippen molar-refractivity contribution in [1.82, 2.24) is 0 Å². The Morgan fingerprint density at radius 2 is 1.75 bits per heavy atom. The Balaban J connectivity index is 2.49. The minimum atomic E-state index is -1.71. The van der Waals surface area contributed by atoms with Crippen molar-refractivity contribution in [2.45, 2.75) is 38.3 Å². The first-order chi connectivity index (χ1) is 5.70. The molecule has 0 radical (unpaired) electrons. The smallest absolute Gasteiger partial charge is 0.126 e. The lowest BCUT2D eigenvalue weighted by Crippen LogP contribution is -2.28. The number of hydrogen-bond donors (Lipinski definition) is 0. The molecule has 1 saturated carbocycles. The molecule has 1 rings (SSSR count). The van der Waals surface area contributed by atoms with Crippen molar-refractivity contribution in [2.24, 2.45) is 5.92 Å². The molecule has 0 unspecified atom stereocenters. The highest BCUT2D eigenvalue weighted by molar-refractivity contribution is 6.93. The first kappa shape index (κ1) is 9.43. The van der Waals surface area contributed by atoms with Gasteiger partial charge in [0.25, 0.3) is 0 Å². The second kappa shape index (κ2) is 3.83. The third kappa shape index (κ3) is 2.16. The quantitative estimate of drug-likeness (QED) is 0.448. The van der Waals surface area contributed by atoms with E-state index >= 15 is 0 Å². The van der Waals surface area contributed by atoms with Crippen LogP contribution in [0.4, 0.5) is 0 Å². The van der Waals surface area contributed by atoms with Gasteiger partial charge in [0.1, 0.15) is 0 Å². The van der Waals surface area contributed by atoms with E-state index in [4.69, 9.17) is 12.8 Å². The standard InChI is InChI=1S/C11H16Si/c1-4-12(3,5-2)10-11-8-6-7-9-11/h1-2,11H,6-10H2,3H3. The molecule has 64 valence electrons. The molecule has 1 aliphatic rings. The maximum Gasteiger partial charge on any atom is 0.213 e. The summed E-state index contributed by atoms with van der Waals surface area (Å²) in [5.41, 5.74) is 5.72. The van der Waals surface area contributed by atoms with Gasteiger partial charge < -0.3 is 0 Å². The molecule has 0 bridgehead atoms. The van der Waals surface area contributed by atoms with Crippen LogP contribution in [0, 0.1) is 29.9 Å². The van der Waals surface area contributed by atoms with Crippen LogP contribution in [0.1, 0.15) is 25.7 Å². The Labute approximate surface area is 76.8 Å². The van der Waals surface area contributed by atoms with Crippen LogP contribution in [0.25, 0.3) is 0 Å². The van der Waals surface area contributed by atoms with E-state index in [0.717, 1.165) is 12.0 Å². The molecular formula is C11H16Si. The van der Waals surface area contributed by atoms with E-state index in [1.807, 2.05) is 0 Å².